The van der Waals surface area contributed by atoms with Crippen LogP contribution >= 0.6 is 0 Å². The normalized spacial score (nSPS) is 14.5. The molecule has 2 atom stereocenters. The monoisotopic (exact) mass is 421 g/mol. The second kappa shape index (κ2) is 8.88. The topological polar surface area (TPSA) is 78.8 Å². The van der Waals surface area contributed by atoms with E-state index in [1.54, 1.807) is 13.0 Å². The Morgan fingerprint density at radius 1 is 1.00 bits per heavy atom. The lowest BCUT2D eigenvalue weighted by Crippen LogP contribution is -2.36. The fourth-order valence-electron chi connectivity index (χ4n) is 4.16. The minimum Gasteiger partial charge on any atom is -0.449 e. The first-order chi connectivity index (χ1) is 15.0. The van der Waals surface area contributed by atoms with Crippen molar-refractivity contribution < 1.29 is 24.1 Å². The number of carbonyl (C=O) groups excluding carboxylic acids is 1. The Morgan fingerprint density at radius 2 is 1.61 bits per heavy atom. The number of ether oxygens (including phenoxy) is 1. The van der Waals surface area contributed by atoms with E-state index in [-0.39, 0.29) is 24.6 Å². The fraction of sp³-hybridized carbons (Fsp3) is 0.240. The standard InChI is InChI=1S/C25H24FNO4/c1-15-7-6-12-21(26)23(15)24(29)22(28)13-27-25(30)31-14-20-18-10-4-2-8-16(18)17-9-3-5-11-19(17)20/h2-12,20,22,24,28-29H,13-14H2,1H3,(H,27,30). The molecule has 5 nitrogen and oxygen atoms in total. The number of aliphatic hydroxyl groups excluding tert-OH is 2. The third-order valence-corrected chi connectivity index (χ3v) is 5.73. The molecular formula is C25H24FNO4. The molecule has 3 aromatic carbocycles. The second-order valence-corrected chi connectivity index (χ2v) is 7.69. The molecule has 4 rings (SSSR count). The summed E-state index contributed by atoms with van der Waals surface area (Å²) < 4.78 is 19.4. The van der Waals surface area contributed by atoms with Crippen molar-refractivity contribution in [3.05, 3.63) is 94.8 Å². The number of nitrogens with one attached hydrogen (secondary N) is 1. The number of aliphatic hydroxyl groups is 2. The van der Waals surface area contributed by atoms with Crippen LogP contribution in [-0.2, 0) is 4.74 Å². The van der Waals surface area contributed by atoms with Crippen LogP contribution in [0, 0.1) is 12.7 Å². The lowest BCUT2D eigenvalue weighted by molar-refractivity contribution is 0.0162. The van der Waals surface area contributed by atoms with Gasteiger partial charge in [-0.25, -0.2) is 9.18 Å². The van der Waals surface area contributed by atoms with E-state index in [1.807, 2.05) is 36.4 Å². The van der Waals surface area contributed by atoms with Gasteiger partial charge in [-0.05, 0) is 40.8 Å². The Balaban J connectivity index is 1.36. The van der Waals surface area contributed by atoms with Crippen LogP contribution in [0.1, 0.15) is 34.3 Å². The van der Waals surface area contributed by atoms with Crippen molar-refractivity contribution in [3.8, 4) is 11.1 Å². The molecule has 0 aliphatic heterocycles. The summed E-state index contributed by atoms with van der Waals surface area (Å²) >= 11 is 0. The molecule has 1 aliphatic rings. The summed E-state index contributed by atoms with van der Waals surface area (Å²) in [5, 5.41) is 23.0. The summed E-state index contributed by atoms with van der Waals surface area (Å²) in [6.45, 7) is 1.52. The highest BCUT2D eigenvalue weighted by Gasteiger charge is 2.29. The maximum absolute atomic E-state index is 14.0. The van der Waals surface area contributed by atoms with E-state index in [1.165, 1.54) is 12.1 Å². The van der Waals surface area contributed by atoms with Gasteiger partial charge in [0.2, 0.25) is 0 Å². The van der Waals surface area contributed by atoms with Gasteiger partial charge in [0, 0.05) is 18.0 Å². The van der Waals surface area contributed by atoms with Crippen LogP contribution in [0.3, 0.4) is 0 Å². The van der Waals surface area contributed by atoms with E-state index in [0.717, 1.165) is 22.3 Å². The van der Waals surface area contributed by atoms with Gasteiger partial charge in [0.05, 0.1) is 0 Å². The largest absolute Gasteiger partial charge is 0.449 e. The molecule has 0 bridgehead atoms. The van der Waals surface area contributed by atoms with Crippen molar-refractivity contribution in [2.45, 2.75) is 25.0 Å². The number of carbonyl (C=O) groups is 1. The van der Waals surface area contributed by atoms with Crippen molar-refractivity contribution in [2.24, 2.45) is 0 Å². The van der Waals surface area contributed by atoms with Crippen molar-refractivity contribution >= 4 is 6.09 Å². The van der Waals surface area contributed by atoms with Gasteiger partial charge in [-0.1, -0.05) is 60.7 Å². The molecular weight excluding hydrogens is 397 g/mol. The van der Waals surface area contributed by atoms with E-state index in [9.17, 15) is 19.4 Å². The predicted molar refractivity (Wildman–Crippen MR) is 115 cm³/mol. The van der Waals surface area contributed by atoms with Crippen LogP contribution in [0.4, 0.5) is 9.18 Å². The Kier molecular flexibility index (Phi) is 6.02. The zero-order chi connectivity index (χ0) is 22.0. The van der Waals surface area contributed by atoms with Crippen LogP contribution in [0.2, 0.25) is 0 Å². The number of aryl methyl sites for hydroxylation is 1. The highest BCUT2D eigenvalue weighted by molar-refractivity contribution is 5.79. The van der Waals surface area contributed by atoms with Crippen LogP contribution in [0.5, 0.6) is 0 Å². The number of hydrogen-bond acceptors (Lipinski definition) is 4. The Bertz CT molecular complexity index is 1030. The molecule has 1 aliphatic carbocycles. The number of halogens is 1. The molecule has 160 valence electrons. The molecule has 0 fully saturated rings. The first-order valence-electron chi connectivity index (χ1n) is 10.2. The van der Waals surface area contributed by atoms with Gasteiger partial charge >= 0.3 is 6.09 Å². The summed E-state index contributed by atoms with van der Waals surface area (Å²) in [6, 6.07) is 20.4. The molecule has 0 heterocycles. The third kappa shape index (κ3) is 4.17. The van der Waals surface area contributed by atoms with Crippen LogP contribution in [0.15, 0.2) is 66.7 Å². The van der Waals surface area contributed by atoms with Crippen LogP contribution < -0.4 is 5.32 Å². The first-order valence-corrected chi connectivity index (χ1v) is 10.2. The van der Waals surface area contributed by atoms with E-state index < -0.39 is 24.1 Å². The Morgan fingerprint density at radius 3 is 2.23 bits per heavy atom. The number of benzene rings is 3. The zero-order valence-electron chi connectivity index (χ0n) is 17.1. The molecule has 3 N–H and O–H groups in total. The molecule has 2 unspecified atom stereocenters. The average molecular weight is 421 g/mol. The summed E-state index contributed by atoms with van der Waals surface area (Å²) in [7, 11) is 0. The van der Waals surface area contributed by atoms with Crippen molar-refractivity contribution in [3.63, 3.8) is 0 Å². The molecule has 31 heavy (non-hydrogen) atoms. The molecule has 3 aromatic rings. The Labute approximate surface area is 180 Å². The number of fused-ring (bicyclic) bond motifs is 3. The van der Waals surface area contributed by atoms with E-state index in [0.29, 0.717) is 5.56 Å². The van der Waals surface area contributed by atoms with Crippen molar-refractivity contribution in [1.29, 1.82) is 0 Å². The molecule has 0 saturated carbocycles. The molecule has 0 saturated heterocycles. The maximum atomic E-state index is 14.0. The highest BCUT2D eigenvalue weighted by Crippen LogP contribution is 2.44. The van der Waals surface area contributed by atoms with Gasteiger partial charge in [0.25, 0.3) is 0 Å². The SMILES string of the molecule is Cc1cccc(F)c1C(O)C(O)CNC(=O)OCC1c2ccccc2-c2ccccc21. The quantitative estimate of drug-likeness (QED) is 0.561. The van der Waals surface area contributed by atoms with Gasteiger partial charge in [-0.15, -0.1) is 0 Å². The molecule has 1 amide bonds. The summed E-state index contributed by atoms with van der Waals surface area (Å²) in [5.41, 5.74) is 5.00. The van der Waals surface area contributed by atoms with Gasteiger partial charge in [-0.2, -0.15) is 0 Å². The zero-order valence-corrected chi connectivity index (χ0v) is 17.1. The molecule has 6 heteroatoms. The fourth-order valence-corrected chi connectivity index (χ4v) is 4.16. The van der Waals surface area contributed by atoms with E-state index in [2.05, 4.69) is 17.4 Å². The summed E-state index contributed by atoms with van der Waals surface area (Å²) in [5.74, 6) is -0.678. The minimum absolute atomic E-state index is 0.0179. The van der Waals surface area contributed by atoms with Gasteiger partial charge in [-0.3, -0.25) is 0 Å². The van der Waals surface area contributed by atoms with E-state index >= 15 is 0 Å². The molecule has 0 radical (unpaired) electrons. The number of amides is 1. The second-order valence-electron chi connectivity index (χ2n) is 7.69. The minimum atomic E-state index is -1.46. The van der Waals surface area contributed by atoms with Gasteiger partial charge < -0.3 is 20.3 Å². The molecule has 0 aromatic heterocycles. The third-order valence-electron chi connectivity index (χ3n) is 5.73. The average Bonchev–Trinajstić information content (AvgIpc) is 3.09. The van der Waals surface area contributed by atoms with Crippen molar-refractivity contribution in [2.75, 3.05) is 13.2 Å². The summed E-state index contributed by atoms with van der Waals surface area (Å²) in [4.78, 5) is 12.2. The summed E-state index contributed by atoms with van der Waals surface area (Å²) in [6.07, 6.45) is -3.55. The predicted octanol–water partition coefficient (Wildman–Crippen LogP) is 4.07. The van der Waals surface area contributed by atoms with Crippen LogP contribution in [-0.4, -0.2) is 35.6 Å². The molecule has 0 spiro atoms. The number of rotatable bonds is 6. The smallest absolute Gasteiger partial charge is 0.407 e. The Hall–Kier alpha value is -3.22. The number of alkyl carbamates (subject to hydrolysis) is 1. The number of hydrogen-bond donors (Lipinski definition) is 3. The van der Waals surface area contributed by atoms with E-state index in [4.69, 9.17) is 4.74 Å². The maximum Gasteiger partial charge on any atom is 0.407 e. The van der Waals surface area contributed by atoms with Crippen molar-refractivity contribution in [1.82, 2.24) is 5.32 Å². The van der Waals surface area contributed by atoms with Gasteiger partial charge in [0.15, 0.2) is 0 Å². The first kappa shape index (κ1) is 21.0. The van der Waals surface area contributed by atoms with Gasteiger partial charge in [0.1, 0.15) is 24.6 Å². The lowest BCUT2D eigenvalue weighted by atomic mass is 9.98. The lowest BCUT2D eigenvalue weighted by Gasteiger charge is -2.21. The highest BCUT2D eigenvalue weighted by atomic mass is 19.1. The van der Waals surface area contributed by atoms with Crippen LogP contribution in [0.25, 0.3) is 11.1 Å².